The van der Waals surface area contributed by atoms with E-state index in [2.05, 4.69) is 31.1 Å². The molecule has 0 saturated heterocycles. The van der Waals surface area contributed by atoms with Gasteiger partial charge in [-0.3, -0.25) is 14.9 Å². The van der Waals surface area contributed by atoms with Gasteiger partial charge in [0.1, 0.15) is 23.4 Å². The quantitative estimate of drug-likeness (QED) is 0.257. The molecule has 38 heavy (non-hydrogen) atoms. The number of aromatic amines is 1. The number of aryl methyl sites for hydroxylation is 2. The summed E-state index contributed by atoms with van der Waals surface area (Å²) in [6, 6.07) is 11.3. The highest BCUT2D eigenvalue weighted by molar-refractivity contribution is 9.10. The van der Waals surface area contributed by atoms with Gasteiger partial charge in [0.25, 0.3) is 5.56 Å². The summed E-state index contributed by atoms with van der Waals surface area (Å²) in [7, 11) is 0. The summed E-state index contributed by atoms with van der Waals surface area (Å²) in [5.74, 6) is 0.536. The minimum atomic E-state index is -4.74. The molecule has 1 N–H and O–H groups in total. The van der Waals surface area contributed by atoms with Crippen molar-refractivity contribution in [3.63, 3.8) is 0 Å². The van der Waals surface area contributed by atoms with Crippen molar-refractivity contribution in [1.82, 2.24) is 24.7 Å². The second-order valence-corrected chi connectivity index (χ2v) is 9.61. The molecule has 0 aliphatic rings. The van der Waals surface area contributed by atoms with Crippen LogP contribution in [0.2, 0.25) is 0 Å². The number of benzene rings is 1. The van der Waals surface area contributed by atoms with Crippen LogP contribution in [0.25, 0.3) is 22.2 Å². The third-order valence-corrected chi connectivity index (χ3v) is 6.79. The molecule has 5 aromatic rings. The molecule has 0 aliphatic carbocycles. The van der Waals surface area contributed by atoms with Gasteiger partial charge in [-0.05, 0) is 65.7 Å². The molecule has 0 aliphatic heterocycles. The SMILES string of the molecule is Cc1cc(-c2[nH]ncc2Br)c2cccc(OCc3c(C)ccnc3Cn3cccc(C(F)(F)F)c3=O)c2n1. The maximum atomic E-state index is 13.3. The highest BCUT2D eigenvalue weighted by Crippen LogP contribution is 2.35. The normalized spacial score (nSPS) is 11.7. The lowest BCUT2D eigenvalue weighted by Crippen LogP contribution is -2.29. The first-order valence-electron chi connectivity index (χ1n) is 11.6. The van der Waals surface area contributed by atoms with Gasteiger partial charge in [0.2, 0.25) is 0 Å². The number of hydrogen-bond donors (Lipinski definition) is 1. The third-order valence-electron chi connectivity index (χ3n) is 6.19. The van der Waals surface area contributed by atoms with Gasteiger partial charge < -0.3 is 9.30 Å². The van der Waals surface area contributed by atoms with Gasteiger partial charge in [-0.25, -0.2) is 4.98 Å². The molecular formula is C27H21BrF3N5O2. The van der Waals surface area contributed by atoms with Crippen LogP contribution < -0.4 is 10.3 Å². The fraction of sp³-hybridized carbons (Fsp3) is 0.185. The first kappa shape index (κ1) is 25.7. The van der Waals surface area contributed by atoms with Gasteiger partial charge in [-0.1, -0.05) is 12.1 Å². The van der Waals surface area contributed by atoms with Crippen LogP contribution in [0.3, 0.4) is 0 Å². The highest BCUT2D eigenvalue weighted by atomic mass is 79.9. The zero-order chi connectivity index (χ0) is 27.0. The van der Waals surface area contributed by atoms with Crippen molar-refractivity contribution in [3.05, 3.63) is 104 Å². The molecule has 194 valence electrons. The molecule has 0 amide bonds. The van der Waals surface area contributed by atoms with Gasteiger partial charge >= 0.3 is 6.18 Å². The molecule has 0 radical (unpaired) electrons. The Bertz CT molecular complexity index is 1710. The van der Waals surface area contributed by atoms with E-state index in [9.17, 15) is 18.0 Å². The van der Waals surface area contributed by atoms with E-state index >= 15 is 0 Å². The molecule has 0 saturated carbocycles. The van der Waals surface area contributed by atoms with Crippen molar-refractivity contribution in [2.75, 3.05) is 0 Å². The molecule has 0 bridgehead atoms. The Kier molecular flexibility index (Phi) is 6.78. The molecule has 11 heteroatoms. The molecule has 7 nitrogen and oxygen atoms in total. The van der Waals surface area contributed by atoms with E-state index in [-0.39, 0.29) is 13.2 Å². The van der Waals surface area contributed by atoms with Crippen LogP contribution in [-0.2, 0) is 19.3 Å². The van der Waals surface area contributed by atoms with Gasteiger partial charge in [0, 0.05) is 34.6 Å². The van der Waals surface area contributed by atoms with E-state index in [4.69, 9.17) is 9.72 Å². The number of nitrogens with zero attached hydrogens (tertiary/aromatic N) is 4. The van der Waals surface area contributed by atoms with Gasteiger partial charge in [-0.15, -0.1) is 0 Å². The van der Waals surface area contributed by atoms with E-state index < -0.39 is 17.3 Å². The summed E-state index contributed by atoms with van der Waals surface area (Å²) in [6.45, 7) is 3.70. The Morgan fingerprint density at radius 3 is 2.68 bits per heavy atom. The topological polar surface area (TPSA) is 85.7 Å². The standard InChI is InChI=1S/C27H21BrF3N5O2/c1-15-8-9-32-22(13-36-10-4-6-20(26(36)37)27(29,30)31)19(15)14-38-23-7-3-5-17-18(11-16(2)34-25(17)23)24-21(28)12-33-35-24/h3-12H,13-14H2,1-2H3,(H,33,35). The summed E-state index contributed by atoms with van der Waals surface area (Å²) in [4.78, 5) is 21.6. The fourth-order valence-corrected chi connectivity index (χ4v) is 4.71. The van der Waals surface area contributed by atoms with Crippen LogP contribution in [0.15, 0.2) is 70.3 Å². The zero-order valence-corrected chi connectivity index (χ0v) is 21.9. The molecule has 0 fully saturated rings. The van der Waals surface area contributed by atoms with Gasteiger partial charge in [0.05, 0.1) is 28.6 Å². The Morgan fingerprint density at radius 2 is 1.95 bits per heavy atom. The van der Waals surface area contributed by atoms with Crippen molar-refractivity contribution >= 4 is 26.8 Å². The molecule has 5 rings (SSSR count). The number of alkyl halides is 3. The summed E-state index contributed by atoms with van der Waals surface area (Å²) in [5, 5.41) is 7.95. The second kappa shape index (κ2) is 10.1. The summed E-state index contributed by atoms with van der Waals surface area (Å²) < 4.78 is 47.8. The first-order valence-corrected chi connectivity index (χ1v) is 12.3. The second-order valence-electron chi connectivity index (χ2n) is 8.75. The lowest BCUT2D eigenvalue weighted by atomic mass is 10.0. The molecule has 4 aromatic heterocycles. The minimum absolute atomic E-state index is 0.0839. The van der Waals surface area contributed by atoms with Crippen LogP contribution in [0, 0.1) is 13.8 Å². The fourth-order valence-electron chi connectivity index (χ4n) is 4.30. The highest BCUT2D eigenvalue weighted by Gasteiger charge is 2.34. The van der Waals surface area contributed by atoms with E-state index in [0.717, 1.165) is 43.0 Å². The van der Waals surface area contributed by atoms with Crippen molar-refractivity contribution in [2.24, 2.45) is 0 Å². The van der Waals surface area contributed by atoms with Crippen LogP contribution >= 0.6 is 15.9 Å². The zero-order valence-electron chi connectivity index (χ0n) is 20.3. The molecule has 0 atom stereocenters. The Hall–Kier alpha value is -3.99. The third kappa shape index (κ3) is 4.93. The summed E-state index contributed by atoms with van der Waals surface area (Å²) in [5.41, 5.74) is 2.77. The van der Waals surface area contributed by atoms with E-state index in [0.29, 0.717) is 22.5 Å². The maximum Gasteiger partial charge on any atom is 0.421 e. The van der Waals surface area contributed by atoms with Crippen LogP contribution in [0.4, 0.5) is 13.2 Å². The number of H-pyrrole nitrogens is 1. The van der Waals surface area contributed by atoms with Crippen LogP contribution in [-0.4, -0.2) is 24.7 Å². The lowest BCUT2D eigenvalue weighted by molar-refractivity contribution is -0.138. The van der Waals surface area contributed by atoms with Crippen LogP contribution in [0.1, 0.15) is 28.1 Å². The average molecular weight is 584 g/mol. The predicted octanol–water partition coefficient (Wildman–Crippen LogP) is 6.21. The largest absolute Gasteiger partial charge is 0.487 e. The molecule has 0 unspecified atom stereocenters. The van der Waals surface area contributed by atoms with E-state index in [1.165, 1.54) is 12.3 Å². The summed E-state index contributed by atoms with van der Waals surface area (Å²) in [6.07, 6.45) is -0.182. The van der Waals surface area contributed by atoms with Crippen molar-refractivity contribution in [1.29, 1.82) is 0 Å². The maximum absolute atomic E-state index is 13.3. The van der Waals surface area contributed by atoms with Crippen molar-refractivity contribution in [2.45, 2.75) is 33.2 Å². The Balaban J connectivity index is 1.50. The number of aromatic nitrogens is 5. The van der Waals surface area contributed by atoms with Crippen molar-refractivity contribution < 1.29 is 17.9 Å². The molecule has 0 spiro atoms. The van der Waals surface area contributed by atoms with E-state index in [1.807, 2.05) is 38.1 Å². The number of rotatable bonds is 6. The lowest BCUT2D eigenvalue weighted by Gasteiger charge is -2.16. The van der Waals surface area contributed by atoms with E-state index in [1.54, 1.807) is 18.5 Å². The number of ether oxygens (including phenoxy) is 1. The first-order chi connectivity index (χ1) is 18.1. The van der Waals surface area contributed by atoms with Crippen LogP contribution in [0.5, 0.6) is 5.75 Å². The number of nitrogens with one attached hydrogen (secondary N) is 1. The number of pyridine rings is 3. The van der Waals surface area contributed by atoms with Crippen molar-refractivity contribution in [3.8, 4) is 17.0 Å². The number of para-hydroxylation sites is 1. The minimum Gasteiger partial charge on any atom is -0.487 e. The molecule has 4 heterocycles. The van der Waals surface area contributed by atoms with Gasteiger partial charge in [0.15, 0.2) is 0 Å². The monoisotopic (exact) mass is 583 g/mol. The molecular weight excluding hydrogens is 563 g/mol. The Morgan fingerprint density at radius 1 is 1.13 bits per heavy atom. The average Bonchev–Trinajstić information content (AvgIpc) is 3.29. The molecule has 1 aromatic carbocycles. The van der Waals surface area contributed by atoms with Gasteiger partial charge in [-0.2, -0.15) is 18.3 Å². The predicted molar refractivity (Wildman–Crippen MR) is 140 cm³/mol. The summed E-state index contributed by atoms with van der Waals surface area (Å²) >= 11 is 3.52. The number of halogens is 4. The smallest absolute Gasteiger partial charge is 0.421 e. The number of hydrogen-bond acceptors (Lipinski definition) is 5. The number of fused-ring (bicyclic) bond motifs is 1. The Labute approximate surface area is 223 Å².